The van der Waals surface area contributed by atoms with Gasteiger partial charge in [0.05, 0.1) is 0 Å². The summed E-state index contributed by atoms with van der Waals surface area (Å²) in [6.45, 7) is 0. The molecule has 0 aliphatic carbocycles. The minimum atomic E-state index is 1.10. The van der Waals surface area contributed by atoms with Crippen LogP contribution in [0.1, 0.15) is 0 Å². The fourth-order valence-corrected chi connectivity index (χ4v) is 10.6. The van der Waals surface area contributed by atoms with Gasteiger partial charge in [-0.25, -0.2) is 0 Å². The third-order valence-electron chi connectivity index (χ3n) is 10.1. The Morgan fingerprint density at radius 3 is 1.42 bits per heavy atom. The summed E-state index contributed by atoms with van der Waals surface area (Å²) in [4.78, 5) is 0. The van der Waals surface area contributed by atoms with E-state index in [9.17, 15) is 0 Å². The molecule has 0 saturated carbocycles. The molecule has 4 heteroatoms. The fraction of sp³-hybridized carbons (Fsp3) is 0. The molecule has 0 unspecified atom stereocenters. The van der Waals surface area contributed by atoms with E-state index in [1.165, 1.54) is 94.9 Å². The van der Waals surface area contributed by atoms with Gasteiger partial charge in [0, 0.05) is 49.3 Å². The Bertz CT molecular complexity index is 3150. The minimum absolute atomic E-state index is 1.10. The van der Waals surface area contributed by atoms with Gasteiger partial charge in [-0.15, -0.1) is 22.7 Å². The van der Waals surface area contributed by atoms with Gasteiger partial charge in [-0.2, -0.15) is 0 Å². The molecule has 11 aromatic rings. The SMILES string of the molecule is Brc1ccc(-c2ccccc2-c2ccc3c(c2)sc2ccccc23)cc1.Brc1ccc2c3ccccc3c3cc4sc5ccccc5c4cc3c2c1. The smallest absolute Gasteiger partial charge is 0.0362 e. The Balaban J connectivity index is 0.000000130. The summed E-state index contributed by atoms with van der Waals surface area (Å²) in [5.41, 5.74) is 5.04. The van der Waals surface area contributed by atoms with Crippen molar-refractivity contribution < 1.29 is 0 Å². The van der Waals surface area contributed by atoms with E-state index in [4.69, 9.17) is 0 Å². The van der Waals surface area contributed by atoms with Crippen molar-refractivity contribution in [3.05, 3.63) is 179 Å². The number of halogens is 2. The second-order valence-corrected chi connectivity index (χ2v) is 17.1. The summed E-state index contributed by atoms with van der Waals surface area (Å²) >= 11 is 10.9. The van der Waals surface area contributed by atoms with E-state index < -0.39 is 0 Å². The van der Waals surface area contributed by atoms with Crippen LogP contribution in [0, 0.1) is 0 Å². The van der Waals surface area contributed by atoms with Crippen LogP contribution in [0.3, 0.4) is 0 Å². The van der Waals surface area contributed by atoms with Gasteiger partial charge in [-0.1, -0.05) is 147 Å². The van der Waals surface area contributed by atoms with Crippen molar-refractivity contribution >= 4 is 127 Å². The molecule has 52 heavy (non-hydrogen) atoms. The Kier molecular flexibility index (Phi) is 7.95. The van der Waals surface area contributed by atoms with Crippen molar-refractivity contribution in [1.29, 1.82) is 0 Å². The lowest BCUT2D eigenvalue weighted by Crippen LogP contribution is -1.84. The quantitative estimate of drug-likeness (QED) is 0.152. The number of hydrogen-bond donors (Lipinski definition) is 0. The molecular formula is C48H28Br2S2. The Morgan fingerprint density at radius 2 is 0.712 bits per heavy atom. The first kappa shape index (κ1) is 31.9. The lowest BCUT2D eigenvalue weighted by atomic mass is 9.93. The van der Waals surface area contributed by atoms with E-state index in [0.29, 0.717) is 0 Å². The predicted molar refractivity (Wildman–Crippen MR) is 237 cm³/mol. The lowest BCUT2D eigenvalue weighted by Gasteiger charge is -2.11. The molecule has 0 spiro atoms. The van der Waals surface area contributed by atoms with Crippen molar-refractivity contribution in [3.63, 3.8) is 0 Å². The molecule has 246 valence electrons. The van der Waals surface area contributed by atoms with Crippen LogP contribution in [0.15, 0.2) is 179 Å². The highest BCUT2D eigenvalue weighted by molar-refractivity contribution is 9.10. The van der Waals surface area contributed by atoms with Crippen LogP contribution in [-0.2, 0) is 0 Å². The molecule has 0 bridgehead atoms. The molecule has 2 heterocycles. The molecule has 0 aliphatic rings. The zero-order valence-electron chi connectivity index (χ0n) is 27.7. The summed E-state index contributed by atoms with van der Waals surface area (Å²) in [5.74, 6) is 0. The average molecular weight is 829 g/mol. The van der Waals surface area contributed by atoms with Gasteiger partial charge in [0.2, 0.25) is 0 Å². The zero-order chi connectivity index (χ0) is 34.8. The number of benzene rings is 9. The monoisotopic (exact) mass is 826 g/mol. The van der Waals surface area contributed by atoms with Crippen molar-refractivity contribution in [1.82, 2.24) is 0 Å². The first-order valence-corrected chi connectivity index (χ1v) is 20.4. The van der Waals surface area contributed by atoms with Gasteiger partial charge >= 0.3 is 0 Å². The van der Waals surface area contributed by atoms with E-state index >= 15 is 0 Å². The van der Waals surface area contributed by atoms with Crippen LogP contribution in [0.5, 0.6) is 0 Å². The minimum Gasteiger partial charge on any atom is -0.135 e. The van der Waals surface area contributed by atoms with Crippen LogP contribution in [0.2, 0.25) is 0 Å². The Labute approximate surface area is 325 Å². The van der Waals surface area contributed by atoms with Crippen LogP contribution in [0.25, 0.3) is 94.9 Å². The van der Waals surface area contributed by atoms with Gasteiger partial charge in [0.25, 0.3) is 0 Å². The summed E-state index contributed by atoms with van der Waals surface area (Å²) in [5, 5.41) is 13.3. The molecular weight excluding hydrogens is 800 g/mol. The van der Waals surface area contributed by atoms with E-state index in [1.54, 1.807) is 0 Å². The predicted octanol–water partition coefficient (Wildman–Crippen LogP) is 16.4. The normalized spacial score (nSPS) is 11.7. The van der Waals surface area contributed by atoms with Gasteiger partial charge in [-0.3, -0.25) is 0 Å². The van der Waals surface area contributed by atoms with Crippen LogP contribution in [0.4, 0.5) is 0 Å². The van der Waals surface area contributed by atoms with Crippen LogP contribution in [-0.4, -0.2) is 0 Å². The first-order valence-electron chi connectivity index (χ1n) is 17.2. The number of fused-ring (bicyclic) bond motifs is 12. The van der Waals surface area contributed by atoms with Gasteiger partial charge in [0.15, 0.2) is 0 Å². The van der Waals surface area contributed by atoms with Crippen LogP contribution >= 0.6 is 54.5 Å². The largest absolute Gasteiger partial charge is 0.135 e. The summed E-state index contributed by atoms with van der Waals surface area (Å²) in [7, 11) is 0. The second-order valence-electron chi connectivity index (χ2n) is 13.1. The zero-order valence-corrected chi connectivity index (χ0v) is 32.5. The highest BCUT2D eigenvalue weighted by atomic mass is 79.9. The van der Waals surface area contributed by atoms with E-state index in [1.807, 2.05) is 22.7 Å². The Morgan fingerprint density at radius 1 is 0.269 bits per heavy atom. The fourth-order valence-electron chi connectivity index (χ4n) is 7.65. The van der Waals surface area contributed by atoms with Crippen molar-refractivity contribution in [2.45, 2.75) is 0 Å². The first-order chi connectivity index (χ1) is 25.6. The molecule has 0 N–H and O–H groups in total. The standard InChI is InChI=1S/C24H13BrS.C24H15BrS/c25-14-9-10-17-15-5-1-2-6-16(15)21-13-24-22(12-20(21)19(17)11-14)18-7-3-4-8-23(18)26-24;25-18-12-9-16(10-13-18)19-5-1-2-6-20(19)17-11-14-22-21-7-3-4-8-23(21)26-24(22)15-17/h1-13H;1-15H. The Hall–Kier alpha value is -4.84. The van der Waals surface area contributed by atoms with Gasteiger partial charge < -0.3 is 0 Å². The van der Waals surface area contributed by atoms with Crippen molar-refractivity contribution in [3.8, 4) is 22.3 Å². The molecule has 9 aromatic carbocycles. The summed E-state index contributed by atoms with van der Waals surface area (Å²) in [6.07, 6.45) is 0. The molecule has 11 rings (SSSR count). The average Bonchev–Trinajstić information content (AvgIpc) is 3.75. The van der Waals surface area contributed by atoms with Crippen molar-refractivity contribution in [2.75, 3.05) is 0 Å². The van der Waals surface area contributed by atoms with Gasteiger partial charge in [-0.05, 0) is 109 Å². The number of thiophene rings is 2. The maximum Gasteiger partial charge on any atom is 0.0362 e. The summed E-state index contributed by atoms with van der Waals surface area (Å²) in [6, 6.07) is 61.5. The second kappa shape index (κ2) is 13.0. The number of rotatable bonds is 2. The molecule has 0 radical (unpaired) electrons. The molecule has 0 atom stereocenters. The van der Waals surface area contributed by atoms with E-state index in [2.05, 4.69) is 202 Å². The molecule has 2 aromatic heterocycles. The third-order valence-corrected chi connectivity index (χ3v) is 13.4. The highest BCUT2D eigenvalue weighted by Crippen LogP contribution is 2.43. The maximum absolute atomic E-state index is 3.67. The summed E-state index contributed by atoms with van der Waals surface area (Å²) < 4.78 is 7.63. The van der Waals surface area contributed by atoms with Gasteiger partial charge in [0.1, 0.15) is 0 Å². The van der Waals surface area contributed by atoms with Crippen LogP contribution < -0.4 is 0 Å². The molecule has 0 aliphatic heterocycles. The highest BCUT2D eigenvalue weighted by Gasteiger charge is 2.13. The molecule has 0 nitrogen and oxygen atoms in total. The maximum atomic E-state index is 3.67. The van der Waals surface area contributed by atoms with E-state index in [-0.39, 0.29) is 0 Å². The molecule has 0 saturated heterocycles. The third kappa shape index (κ3) is 5.45. The van der Waals surface area contributed by atoms with Crippen molar-refractivity contribution in [2.24, 2.45) is 0 Å². The lowest BCUT2D eigenvalue weighted by molar-refractivity contribution is 1.58. The molecule has 0 fully saturated rings. The molecule has 0 amide bonds. The van der Waals surface area contributed by atoms with E-state index in [0.717, 1.165) is 8.95 Å². The number of hydrogen-bond acceptors (Lipinski definition) is 2. The topological polar surface area (TPSA) is 0 Å².